The maximum absolute atomic E-state index is 11.4. The molecule has 0 aliphatic rings. The van der Waals surface area contributed by atoms with Gasteiger partial charge in [-0.2, -0.15) is 0 Å². The Morgan fingerprint density at radius 1 is 0.760 bits per heavy atom. The Hall–Kier alpha value is 0.870. The largest absolute Gasteiger partial charge is 1.00 e. The van der Waals surface area contributed by atoms with Gasteiger partial charge in [-0.15, -0.1) is 0 Å². The van der Waals surface area contributed by atoms with Crippen LogP contribution in [0.1, 0.15) is 110 Å². The zero-order valence-electron chi connectivity index (χ0n) is 16.8. The Labute approximate surface area is 178 Å². The van der Waals surface area contributed by atoms with Gasteiger partial charge in [0.1, 0.15) is 0 Å². The molecular formula is C19H39NaO4S. The molecule has 0 spiro atoms. The van der Waals surface area contributed by atoms with Crippen LogP contribution in [0, 0.1) is 0 Å². The van der Waals surface area contributed by atoms with Gasteiger partial charge in [0, 0.05) is 0 Å². The van der Waals surface area contributed by atoms with Gasteiger partial charge < -0.3 is 9.66 Å². The second-order valence-corrected chi connectivity index (χ2v) is 8.77. The van der Waals surface area contributed by atoms with Gasteiger partial charge in [0.25, 0.3) is 0 Å². The Kier molecular flexibility index (Phi) is 20.5. The van der Waals surface area contributed by atoms with Crippen molar-refractivity contribution >= 4 is 10.1 Å². The van der Waals surface area contributed by atoms with Crippen LogP contribution in [0.2, 0.25) is 0 Å². The first-order chi connectivity index (χ1) is 11.4. The van der Waals surface area contributed by atoms with Crippen LogP contribution in [0.5, 0.6) is 0 Å². The van der Waals surface area contributed by atoms with Crippen molar-refractivity contribution < 1.29 is 47.6 Å². The fraction of sp³-hybridized carbons (Fsp3) is 1.00. The summed E-state index contributed by atoms with van der Waals surface area (Å²) in [5, 5.41) is 9.12. The number of rotatable bonds is 17. The molecule has 0 fully saturated rings. The molecule has 1 N–H and O–H groups in total. The van der Waals surface area contributed by atoms with Crippen LogP contribution in [-0.4, -0.2) is 29.4 Å². The normalized spacial score (nSPS) is 14.1. The van der Waals surface area contributed by atoms with Gasteiger partial charge in [0.15, 0.2) is 0 Å². The van der Waals surface area contributed by atoms with E-state index < -0.39 is 21.5 Å². The molecule has 0 aromatic rings. The van der Waals surface area contributed by atoms with Crippen LogP contribution in [0.15, 0.2) is 0 Å². The molecule has 0 aliphatic carbocycles. The van der Waals surface area contributed by atoms with Crippen molar-refractivity contribution in [2.45, 2.75) is 122 Å². The van der Waals surface area contributed by atoms with Crippen LogP contribution < -0.4 is 29.6 Å². The van der Waals surface area contributed by atoms with Gasteiger partial charge in [-0.1, -0.05) is 90.9 Å². The number of hydrogen-bond donors (Lipinski definition) is 1. The summed E-state index contributed by atoms with van der Waals surface area (Å²) in [6.45, 7) is 4.33. The third kappa shape index (κ3) is 18.0. The van der Waals surface area contributed by atoms with Crippen LogP contribution >= 0.6 is 0 Å². The average molecular weight is 387 g/mol. The third-order valence-electron chi connectivity index (χ3n) is 4.71. The molecule has 0 bridgehead atoms. The van der Waals surface area contributed by atoms with Gasteiger partial charge in [0.2, 0.25) is 0 Å². The predicted octanol–water partition coefficient (Wildman–Crippen LogP) is 2.16. The van der Waals surface area contributed by atoms with E-state index in [-0.39, 0.29) is 36.0 Å². The molecular weight excluding hydrogens is 347 g/mol. The molecule has 0 radical (unpaired) electrons. The van der Waals surface area contributed by atoms with E-state index in [0.717, 1.165) is 38.5 Å². The van der Waals surface area contributed by atoms with E-state index in [4.69, 9.17) is 0 Å². The quantitative estimate of drug-likeness (QED) is 0.236. The Morgan fingerprint density at radius 2 is 1.16 bits per heavy atom. The van der Waals surface area contributed by atoms with Crippen molar-refractivity contribution in [3.63, 3.8) is 0 Å². The first kappa shape index (κ1) is 28.1. The Morgan fingerprint density at radius 3 is 1.60 bits per heavy atom. The number of aliphatic hydroxyl groups excluding tert-OH is 1. The Bertz CT molecular complexity index is 374. The smallest absolute Gasteiger partial charge is 0.748 e. The molecule has 6 heteroatoms. The number of aliphatic hydroxyl groups is 1. The number of hydrogen-bond acceptors (Lipinski definition) is 4. The molecule has 0 amide bonds. The minimum absolute atomic E-state index is 0. The standard InChI is InChI=1S/C19H40O4S.Na/c1-3-5-7-9-10-12-14-16-19(24(21,22)23)17-18(20)15-13-11-8-6-4-2;/h18-20H,3-17H2,1-2H3,(H,21,22,23);/q;+1/p-1. The number of unbranched alkanes of at least 4 members (excludes halogenated alkanes) is 10. The molecule has 0 rings (SSSR count). The van der Waals surface area contributed by atoms with Crippen molar-refractivity contribution in [1.29, 1.82) is 0 Å². The van der Waals surface area contributed by atoms with Gasteiger partial charge in [-0.25, -0.2) is 8.42 Å². The molecule has 0 aliphatic heterocycles. The van der Waals surface area contributed by atoms with E-state index in [2.05, 4.69) is 13.8 Å². The van der Waals surface area contributed by atoms with Gasteiger partial charge in [0.05, 0.1) is 21.5 Å². The Balaban J connectivity index is 0. The average Bonchev–Trinajstić information content (AvgIpc) is 2.51. The molecule has 4 nitrogen and oxygen atoms in total. The monoisotopic (exact) mass is 386 g/mol. The molecule has 0 aromatic carbocycles. The first-order valence-corrected chi connectivity index (χ1v) is 11.5. The van der Waals surface area contributed by atoms with E-state index in [9.17, 15) is 18.1 Å². The molecule has 146 valence electrons. The maximum atomic E-state index is 11.4. The fourth-order valence-electron chi connectivity index (χ4n) is 3.11. The zero-order chi connectivity index (χ0) is 18.3. The SMILES string of the molecule is CCCCCCCCCC(CC(O)CCCCCCC)S(=O)(=O)[O-].[Na+]. The topological polar surface area (TPSA) is 77.4 Å². The maximum Gasteiger partial charge on any atom is 1.00 e. The summed E-state index contributed by atoms with van der Waals surface area (Å²) in [5.41, 5.74) is 0. The summed E-state index contributed by atoms with van der Waals surface area (Å²) < 4.78 is 34.3. The second-order valence-electron chi connectivity index (χ2n) is 7.12. The summed E-state index contributed by atoms with van der Waals surface area (Å²) in [6, 6.07) is 0. The summed E-state index contributed by atoms with van der Waals surface area (Å²) in [5.74, 6) is 0. The van der Waals surface area contributed by atoms with E-state index in [1.165, 1.54) is 38.5 Å². The summed E-state index contributed by atoms with van der Waals surface area (Å²) in [4.78, 5) is 0. The molecule has 2 atom stereocenters. The zero-order valence-corrected chi connectivity index (χ0v) is 19.7. The van der Waals surface area contributed by atoms with Crippen LogP contribution in [0.25, 0.3) is 0 Å². The van der Waals surface area contributed by atoms with E-state index in [0.29, 0.717) is 12.8 Å². The van der Waals surface area contributed by atoms with Crippen molar-refractivity contribution in [1.82, 2.24) is 0 Å². The van der Waals surface area contributed by atoms with Crippen LogP contribution in [-0.2, 0) is 10.1 Å². The predicted molar refractivity (Wildman–Crippen MR) is 100 cm³/mol. The van der Waals surface area contributed by atoms with Crippen LogP contribution in [0.4, 0.5) is 0 Å². The molecule has 0 heterocycles. The van der Waals surface area contributed by atoms with Crippen LogP contribution in [0.3, 0.4) is 0 Å². The molecule has 25 heavy (non-hydrogen) atoms. The van der Waals surface area contributed by atoms with E-state index in [1.807, 2.05) is 0 Å². The van der Waals surface area contributed by atoms with Crippen molar-refractivity contribution in [3.8, 4) is 0 Å². The summed E-state index contributed by atoms with van der Waals surface area (Å²) in [6.07, 6.45) is 13.7. The molecule has 0 saturated heterocycles. The van der Waals surface area contributed by atoms with Crippen molar-refractivity contribution in [2.24, 2.45) is 0 Å². The molecule has 2 unspecified atom stereocenters. The van der Waals surface area contributed by atoms with Crippen molar-refractivity contribution in [3.05, 3.63) is 0 Å². The minimum atomic E-state index is -4.31. The van der Waals surface area contributed by atoms with Gasteiger partial charge in [-0.3, -0.25) is 0 Å². The third-order valence-corrected chi connectivity index (χ3v) is 5.96. The van der Waals surface area contributed by atoms with E-state index in [1.54, 1.807) is 0 Å². The van der Waals surface area contributed by atoms with Crippen molar-refractivity contribution in [2.75, 3.05) is 0 Å². The molecule has 0 aromatic heterocycles. The van der Waals surface area contributed by atoms with Gasteiger partial charge in [-0.05, 0) is 19.3 Å². The summed E-state index contributed by atoms with van der Waals surface area (Å²) in [7, 11) is -4.31. The van der Waals surface area contributed by atoms with Gasteiger partial charge >= 0.3 is 29.6 Å². The minimum Gasteiger partial charge on any atom is -0.748 e. The molecule has 0 saturated carbocycles. The van der Waals surface area contributed by atoms with E-state index >= 15 is 0 Å². The first-order valence-electron chi connectivity index (χ1n) is 10.0. The fourth-order valence-corrected chi connectivity index (χ4v) is 4.03. The summed E-state index contributed by atoms with van der Waals surface area (Å²) >= 11 is 0. The second kappa shape index (κ2) is 18.2.